The van der Waals surface area contributed by atoms with Crippen LogP contribution < -0.4 is 5.73 Å². The van der Waals surface area contributed by atoms with Gasteiger partial charge in [-0.25, -0.2) is 8.42 Å². The fourth-order valence-electron chi connectivity index (χ4n) is 1.21. The zero-order valence-electron chi connectivity index (χ0n) is 8.27. The predicted molar refractivity (Wildman–Crippen MR) is 56.4 cm³/mol. The summed E-state index contributed by atoms with van der Waals surface area (Å²) in [6.45, 7) is 3.61. The van der Waals surface area contributed by atoms with Crippen LogP contribution in [0.4, 0.5) is 0 Å². The molecule has 1 aromatic heterocycles. The second kappa shape index (κ2) is 3.86. The maximum atomic E-state index is 11.0. The number of aromatic nitrogens is 1. The quantitative estimate of drug-likeness (QED) is 0.816. The van der Waals surface area contributed by atoms with E-state index in [1.165, 1.54) is 16.8 Å². The average molecular weight is 251 g/mol. The van der Waals surface area contributed by atoms with Crippen LogP contribution in [0.2, 0.25) is 0 Å². The maximum Gasteiger partial charge on any atom is 0.265 e. The average Bonchev–Trinajstić information content (AvgIpc) is 2.45. The number of carbonyl (C=O) groups is 1. The zero-order chi connectivity index (χ0) is 11.8. The van der Waals surface area contributed by atoms with Gasteiger partial charge in [-0.2, -0.15) is 0 Å². The molecular weight excluding hydrogens is 240 g/mol. The smallest absolute Gasteiger partial charge is 0.265 e. The van der Waals surface area contributed by atoms with Crippen LogP contribution in [0.25, 0.3) is 0 Å². The number of halogens is 1. The second-order valence-electron chi connectivity index (χ2n) is 3.36. The Labute approximate surface area is 92.2 Å². The van der Waals surface area contributed by atoms with Gasteiger partial charge < -0.3 is 10.3 Å². The van der Waals surface area contributed by atoms with E-state index in [1.807, 2.05) is 0 Å². The highest BCUT2D eigenvalue weighted by Crippen LogP contribution is 2.21. The van der Waals surface area contributed by atoms with Crippen LogP contribution in [0.5, 0.6) is 0 Å². The monoisotopic (exact) mass is 250 g/mol. The molecule has 1 aromatic rings. The van der Waals surface area contributed by atoms with Crippen molar-refractivity contribution in [3.05, 3.63) is 18.0 Å². The van der Waals surface area contributed by atoms with E-state index in [2.05, 4.69) is 0 Å². The molecule has 0 saturated carbocycles. The first-order valence-electron chi connectivity index (χ1n) is 4.20. The Balaban J connectivity index is 3.41. The molecule has 0 saturated heterocycles. The van der Waals surface area contributed by atoms with Gasteiger partial charge in [-0.1, -0.05) is 0 Å². The lowest BCUT2D eigenvalue weighted by atomic mass is 10.3. The van der Waals surface area contributed by atoms with Gasteiger partial charge in [0, 0.05) is 22.9 Å². The summed E-state index contributed by atoms with van der Waals surface area (Å²) >= 11 is 0. The van der Waals surface area contributed by atoms with Crippen molar-refractivity contribution in [3.63, 3.8) is 0 Å². The van der Waals surface area contributed by atoms with Crippen LogP contribution in [-0.4, -0.2) is 18.9 Å². The summed E-state index contributed by atoms with van der Waals surface area (Å²) in [6.07, 6.45) is 1.30. The molecule has 0 radical (unpaired) electrons. The van der Waals surface area contributed by atoms with E-state index in [0.29, 0.717) is 0 Å². The summed E-state index contributed by atoms with van der Waals surface area (Å²) in [5, 5.41) is 0. The molecule has 15 heavy (non-hydrogen) atoms. The van der Waals surface area contributed by atoms with E-state index < -0.39 is 15.0 Å². The Kier molecular flexibility index (Phi) is 3.11. The Morgan fingerprint density at radius 3 is 2.33 bits per heavy atom. The first kappa shape index (κ1) is 12.1. The van der Waals surface area contributed by atoms with E-state index in [1.54, 1.807) is 13.8 Å². The molecule has 84 valence electrons. The van der Waals surface area contributed by atoms with Gasteiger partial charge in [0.2, 0.25) is 0 Å². The van der Waals surface area contributed by atoms with Crippen LogP contribution in [0.1, 0.15) is 30.4 Å². The van der Waals surface area contributed by atoms with Crippen molar-refractivity contribution in [3.8, 4) is 0 Å². The summed E-state index contributed by atoms with van der Waals surface area (Å²) in [7, 11) is 1.33. The Morgan fingerprint density at radius 2 is 2.07 bits per heavy atom. The number of amides is 1. The number of primary amides is 1. The minimum absolute atomic E-state index is 0.0698. The molecule has 7 heteroatoms. The van der Waals surface area contributed by atoms with Crippen LogP contribution in [-0.2, 0) is 9.05 Å². The van der Waals surface area contributed by atoms with Crippen molar-refractivity contribution in [2.45, 2.75) is 24.8 Å². The SMILES string of the molecule is CC(C)n1cc(S(=O)(=O)Cl)cc1C(N)=O. The molecule has 0 spiro atoms. The van der Waals surface area contributed by atoms with E-state index in [-0.39, 0.29) is 16.6 Å². The van der Waals surface area contributed by atoms with Gasteiger partial charge in [0.05, 0.1) is 0 Å². The molecule has 1 rings (SSSR count). The first-order valence-corrected chi connectivity index (χ1v) is 6.50. The summed E-state index contributed by atoms with van der Waals surface area (Å²) in [5.41, 5.74) is 5.24. The number of nitrogens with two attached hydrogens (primary N) is 1. The molecule has 0 aliphatic carbocycles. The van der Waals surface area contributed by atoms with Crippen LogP contribution >= 0.6 is 10.7 Å². The van der Waals surface area contributed by atoms with E-state index in [0.717, 1.165) is 0 Å². The van der Waals surface area contributed by atoms with Gasteiger partial charge in [-0.05, 0) is 19.9 Å². The number of hydrogen-bond acceptors (Lipinski definition) is 3. The molecule has 0 fully saturated rings. The van der Waals surface area contributed by atoms with Crippen LogP contribution in [0.3, 0.4) is 0 Å². The molecule has 0 aliphatic heterocycles. The fourth-order valence-corrected chi connectivity index (χ4v) is 1.96. The third-order valence-corrected chi connectivity index (χ3v) is 3.23. The van der Waals surface area contributed by atoms with Crippen LogP contribution in [0, 0.1) is 0 Å². The maximum absolute atomic E-state index is 11.0. The highest BCUT2D eigenvalue weighted by molar-refractivity contribution is 8.13. The number of hydrogen-bond donors (Lipinski definition) is 1. The number of carbonyl (C=O) groups excluding carboxylic acids is 1. The van der Waals surface area contributed by atoms with Crippen molar-refractivity contribution in [2.75, 3.05) is 0 Å². The molecule has 2 N–H and O–H groups in total. The second-order valence-corrected chi connectivity index (χ2v) is 5.93. The lowest BCUT2D eigenvalue weighted by Gasteiger charge is -2.09. The van der Waals surface area contributed by atoms with Gasteiger partial charge in [-0.15, -0.1) is 0 Å². The Bertz CT molecular complexity index is 490. The lowest BCUT2D eigenvalue weighted by Crippen LogP contribution is -2.17. The molecule has 0 unspecified atom stereocenters. The van der Waals surface area contributed by atoms with Crippen molar-refractivity contribution in [1.29, 1.82) is 0 Å². The predicted octanol–water partition coefficient (Wildman–Crippen LogP) is 1.10. The third kappa shape index (κ3) is 2.51. The minimum Gasteiger partial charge on any atom is -0.364 e. The van der Waals surface area contributed by atoms with Gasteiger partial charge in [-0.3, -0.25) is 4.79 Å². The van der Waals surface area contributed by atoms with Crippen molar-refractivity contribution in [1.82, 2.24) is 4.57 Å². The molecule has 0 bridgehead atoms. The molecule has 1 heterocycles. The normalized spacial score (nSPS) is 12.0. The first-order chi connectivity index (χ1) is 6.73. The van der Waals surface area contributed by atoms with Crippen LogP contribution in [0.15, 0.2) is 17.2 Å². The Morgan fingerprint density at radius 1 is 1.53 bits per heavy atom. The molecule has 1 amide bonds. The minimum atomic E-state index is -3.83. The highest BCUT2D eigenvalue weighted by atomic mass is 35.7. The van der Waals surface area contributed by atoms with E-state index >= 15 is 0 Å². The zero-order valence-corrected chi connectivity index (χ0v) is 9.84. The van der Waals surface area contributed by atoms with Gasteiger partial charge in [0.1, 0.15) is 10.6 Å². The largest absolute Gasteiger partial charge is 0.364 e. The molecule has 0 aromatic carbocycles. The van der Waals surface area contributed by atoms with Crippen molar-refractivity contribution < 1.29 is 13.2 Å². The van der Waals surface area contributed by atoms with Gasteiger partial charge in [0.25, 0.3) is 15.0 Å². The topological polar surface area (TPSA) is 82.2 Å². The summed E-state index contributed by atoms with van der Waals surface area (Å²) in [5.74, 6) is -0.685. The van der Waals surface area contributed by atoms with Gasteiger partial charge in [0.15, 0.2) is 0 Å². The third-order valence-electron chi connectivity index (χ3n) is 1.91. The molecule has 5 nitrogen and oxygen atoms in total. The molecule has 0 atom stereocenters. The number of rotatable bonds is 3. The summed E-state index contributed by atoms with van der Waals surface area (Å²) in [4.78, 5) is 10.9. The highest BCUT2D eigenvalue weighted by Gasteiger charge is 2.19. The van der Waals surface area contributed by atoms with Gasteiger partial charge >= 0.3 is 0 Å². The van der Waals surface area contributed by atoms with Crippen molar-refractivity contribution >= 4 is 25.6 Å². The lowest BCUT2D eigenvalue weighted by molar-refractivity contribution is 0.0990. The molecule has 0 aliphatic rings. The summed E-state index contributed by atoms with van der Waals surface area (Å²) < 4.78 is 23.6. The fraction of sp³-hybridized carbons (Fsp3) is 0.375. The number of nitrogens with zero attached hydrogens (tertiary/aromatic N) is 1. The van der Waals surface area contributed by atoms with Crippen molar-refractivity contribution in [2.24, 2.45) is 5.73 Å². The van der Waals surface area contributed by atoms with E-state index in [4.69, 9.17) is 16.4 Å². The Hall–Kier alpha value is -1.01. The standard InChI is InChI=1S/C8H11ClN2O3S/c1-5(2)11-4-6(15(9,13)14)3-7(11)8(10)12/h3-5H,1-2H3,(H2,10,12). The van der Waals surface area contributed by atoms with E-state index in [9.17, 15) is 13.2 Å². The molecular formula is C8H11ClN2O3S. The summed E-state index contributed by atoms with van der Waals surface area (Å²) in [6, 6.07) is 1.10.